The second-order valence-corrected chi connectivity index (χ2v) is 10.3. The van der Waals surface area contributed by atoms with Crippen LogP contribution in [0.2, 0.25) is 0 Å². The Morgan fingerprint density at radius 1 is 0.611 bits per heavy atom. The summed E-state index contributed by atoms with van der Waals surface area (Å²) in [5.41, 5.74) is 21.3. The lowest BCUT2D eigenvalue weighted by Gasteiger charge is -2.40. The van der Waals surface area contributed by atoms with Gasteiger partial charge in [-0.25, -0.2) is 0 Å². The van der Waals surface area contributed by atoms with Crippen LogP contribution in [0.15, 0.2) is 97.1 Å². The molecule has 0 heterocycles. The Morgan fingerprint density at radius 3 is 1.28 bits per heavy atom. The first-order valence-electron chi connectivity index (χ1n) is 12.9. The molecule has 4 N–H and O–H groups in total. The number of nitrogen functional groups attached to an aromatic ring is 2. The summed E-state index contributed by atoms with van der Waals surface area (Å²) in [5, 5.41) is 0. The smallest absolute Gasteiger partial charge is 0.0314 e. The highest BCUT2D eigenvalue weighted by atomic mass is 14.5. The first-order valence-corrected chi connectivity index (χ1v) is 12.9. The molecule has 4 aromatic rings. The summed E-state index contributed by atoms with van der Waals surface area (Å²) in [7, 11) is 0. The Hall–Kier alpha value is -3.96. The molecule has 1 aliphatic rings. The Labute approximate surface area is 221 Å². The zero-order valence-electron chi connectivity index (χ0n) is 20.8. The third-order valence-electron chi connectivity index (χ3n) is 7.86. The summed E-state index contributed by atoms with van der Waals surface area (Å²) >= 11 is 0. The van der Waals surface area contributed by atoms with Crippen LogP contribution < -0.4 is 11.5 Å². The minimum Gasteiger partial charge on any atom is -0.399 e. The molecular formula is C34H42N2. The van der Waals surface area contributed by atoms with E-state index in [1.807, 2.05) is 24.3 Å². The van der Waals surface area contributed by atoms with Gasteiger partial charge >= 0.3 is 0 Å². The molecule has 1 aliphatic carbocycles. The third kappa shape index (κ3) is 5.16. The van der Waals surface area contributed by atoms with E-state index in [1.165, 1.54) is 33.4 Å². The Morgan fingerprint density at radius 2 is 0.944 bits per heavy atom. The van der Waals surface area contributed by atoms with Crippen LogP contribution in [0.5, 0.6) is 0 Å². The molecule has 2 nitrogen and oxygen atoms in total. The predicted molar refractivity (Wildman–Crippen MR) is 160 cm³/mol. The maximum absolute atomic E-state index is 5.85. The maximum atomic E-state index is 5.85. The highest BCUT2D eigenvalue weighted by Crippen LogP contribution is 2.46. The predicted octanol–water partition coefficient (Wildman–Crippen LogP) is 8.13. The maximum Gasteiger partial charge on any atom is 0.0314 e. The lowest BCUT2D eigenvalue weighted by molar-refractivity contribution is 0.306. The van der Waals surface area contributed by atoms with Crippen molar-refractivity contribution in [1.29, 1.82) is 0 Å². The van der Waals surface area contributed by atoms with Crippen LogP contribution in [0.1, 0.15) is 64.8 Å². The van der Waals surface area contributed by atoms with Crippen LogP contribution in [0.4, 0.5) is 11.4 Å². The van der Waals surface area contributed by atoms with Crippen molar-refractivity contribution in [2.24, 2.45) is 5.92 Å². The fourth-order valence-electron chi connectivity index (χ4n) is 5.65. The van der Waals surface area contributed by atoms with Crippen molar-refractivity contribution in [3.05, 3.63) is 130 Å². The van der Waals surface area contributed by atoms with E-state index in [-0.39, 0.29) is 11.1 Å². The van der Waals surface area contributed by atoms with Crippen molar-refractivity contribution in [3.8, 4) is 12.3 Å². The van der Waals surface area contributed by atoms with Gasteiger partial charge in [-0.05, 0) is 96.2 Å². The molecule has 36 heavy (non-hydrogen) atoms. The van der Waals surface area contributed by atoms with Gasteiger partial charge in [0, 0.05) is 28.4 Å². The van der Waals surface area contributed by atoms with Gasteiger partial charge in [-0.3, -0.25) is 0 Å². The van der Waals surface area contributed by atoms with Crippen LogP contribution in [0, 0.1) is 18.3 Å². The van der Waals surface area contributed by atoms with Crippen LogP contribution in [0.25, 0.3) is 0 Å². The van der Waals surface area contributed by atoms with Crippen molar-refractivity contribution in [2.75, 3.05) is 11.5 Å². The lowest BCUT2D eigenvalue weighted by Crippen LogP contribution is -2.33. The molecule has 1 fully saturated rings. The molecule has 0 unspecified atom stereocenters. The highest BCUT2D eigenvalue weighted by Gasteiger charge is 2.38. The molecule has 5 rings (SSSR count). The number of terminal acetylenes is 1. The van der Waals surface area contributed by atoms with Gasteiger partial charge in [-0.1, -0.05) is 72.8 Å². The van der Waals surface area contributed by atoms with Gasteiger partial charge < -0.3 is 11.5 Å². The number of benzene rings is 4. The molecule has 0 amide bonds. The van der Waals surface area contributed by atoms with E-state index >= 15 is 0 Å². The number of nitrogens with two attached hydrogens (primary N) is 2. The van der Waals surface area contributed by atoms with Crippen LogP contribution in [0.3, 0.4) is 0 Å². The lowest BCUT2D eigenvalue weighted by atomic mass is 9.63. The third-order valence-corrected chi connectivity index (χ3v) is 7.86. The minimum absolute atomic E-state index is 0. The molecule has 0 aromatic heterocycles. The van der Waals surface area contributed by atoms with Gasteiger partial charge in [0.05, 0.1) is 0 Å². The average molecular weight is 479 g/mol. The van der Waals surface area contributed by atoms with Crippen LogP contribution in [-0.2, 0) is 18.3 Å². The number of hydrogen-bond donors (Lipinski definition) is 2. The average Bonchev–Trinajstić information content (AvgIpc) is 2.92. The first-order chi connectivity index (χ1) is 17.5. The zero-order valence-corrected chi connectivity index (χ0v) is 20.8. The molecule has 1 saturated carbocycles. The van der Waals surface area contributed by atoms with Gasteiger partial charge in [-0.2, -0.15) is 0 Å². The summed E-state index contributed by atoms with van der Waals surface area (Å²) in [5.74, 6) is 3.39. The second-order valence-electron chi connectivity index (χ2n) is 10.3. The second kappa shape index (κ2) is 10.3. The van der Waals surface area contributed by atoms with Gasteiger partial charge in [0.25, 0.3) is 0 Å². The molecule has 0 aliphatic heterocycles. The van der Waals surface area contributed by atoms with E-state index in [0.29, 0.717) is 5.92 Å². The monoisotopic (exact) mass is 478 g/mol. The molecule has 2 heteroatoms. The quantitative estimate of drug-likeness (QED) is 0.217. The van der Waals surface area contributed by atoms with Crippen molar-refractivity contribution >= 4 is 11.4 Å². The summed E-state index contributed by atoms with van der Waals surface area (Å²) in [4.78, 5) is 0. The van der Waals surface area contributed by atoms with E-state index in [4.69, 9.17) is 17.9 Å². The molecule has 4 aromatic carbocycles. The zero-order chi connectivity index (χ0) is 25.0. The standard InChI is InChI=1S/C34H34N2.4H2/c1-2-25-19-21-34(22-20-25,30-11-3-26(4-12-30)23-28-7-15-32(35)16-8-28)31-13-5-27(6-14-31)24-29-9-17-33(36)18-10-29;;;;/h1,3-18,25H,19-24,35-36H2;4*1H. The Bertz CT molecular complexity index is 1240. The molecule has 0 atom stereocenters. The van der Waals surface area contributed by atoms with E-state index in [1.54, 1.807) is 0 Å². The molecule has 0 saturated heterocycles. The SMILES string of the molecule is C#CC1CCC(c2ccc(Cc3ccc(N)cc3)cc2)(c2ccc(Cc3ccc(N)cc3)cc2)CC1.[HH].[HH].[HH].[HH]. The topological polar surface area (TPSA) is 52.0 Å². The summed E-state index contributed by atoms with van der Waals surface area (Å²) in [6.07, 6.45) is 11.9. The van der Waals surface area contributed by atoms with Crippen molar-refractivity contribution < 1.29 is 5.71 Å². The summed E-state index contributed by atoms with van der Waals surface area (Å²) in [6, 6.07) is 34.8. The largest absolute Gasteiger partial charge is 0.399 e. The Kier molecular flexibility index (Phi) is 6.83. The van der Waals surface area contributed by atoms with E-state index in [9.17, 15) is 0 Å². The minimum atomic E-state index is 0. The highest BCUT2D eigenvalue weighted by molar-refractivity contribution is 5.45. The molecule has 0 bridgehead atoms. The Balaban J connectivity index is 0.00000200. The molecular weight excluding hydrogens is 436 g/mol. The normalized spacial score (nSPS) is 15.3. The number of hydrogen-bond acceptors (Lipinski definition) is 2. The molecule has 188 valence electrons. The number of rotatable bonds is 6. The summed E-state index contributed by atoms with van der Waals surface area (Å²) < 4.78 is 0. The van der Waals surface area contributed by atoms with Crippen molar-refractivity contribution in [2.45, 2.75) is 43.9 Å². The fraction of sp³-hybridized carbons (Fsp3) is 0.235. The van der Waals surface area contributed by atoms with E-state index in [2.05, 4.69) is 78.7 Å². The van der Waals surface area contributed by atoms with Gasteiger partial charge in [-0.15, -0.1) is 12.3 Å². The fourth-order valence-corrected chi connectivity index (χ4v) is 5.65. The van der Waals surface area contributed by atoms with Gasteiger partial charge in [0.15, 0.2) is 0 Å². The van der Waals surface area contributed by atoms with Gasteiger partial charge in [0.2, 0.25) is 0 Å². The molecule has 0 radical (unpaired) electrons. The van der Waals surface area contributed by atoms with E-state index in [0.717, 1.165) is 49.9 Å². The van der Waals surface area contributed by atoms with Crippen molar-refractivity contribution in [3.63, 3.8) is 0 Å². The van der Waals surface area contributed by atoms with Crippen LogP contribution in [-0.4, -0.2) is 0 Å². The van der Waals surface area contributed by atoms with Gasteiger partial charge in [0.1, 0.15) is 0 Å². The van der Waals surface area contributed by atoms with Crippen molar-refractivity contribution in [1.82, 2.24) is 0 Å². The first kappa shape index (κ1) is 23.8. The summed E-state index contributed by atoms with van der Waals surface area (Å²) in [6.45, 7) is 0. The van der Waals surface area contributed by atoms with E-state index < -0.39 is 0 Å². The molecule has 0 spiro atoms. The number of anilines is 2. The van der Waals surface area contributed by atoms with Crippen LogP contribution >= 0.6 is 0 Å².